The monoisotopic (exact) mass is 307 g/mol. The molecular formula is C15H21N3O4. The highest BCUT2D eigenvalue weighted by Crippen LogP contribution is 2.22. The van der Waals surface area contributed by atoms with Gasteiger partial charge < -0.3 is 10.0 Å². The topological polar surface area (TPSA) is 86.9 Å². The van der Waals surface area contributed by atoms with Gasteiger partial charge in [-0.15, -0.1) is 0 Å². The van der Waals surface area contributed by atoms with Crippen LogP contribution in [0.25, 0.3) is 0 Å². The molecule has 0 bridgehead atoms. The molecule has 1 heterocycles. The molecule has 0 saturated carbocycles. The van der Waals surface area contributed by atoms with Gasteiger partial charge >= 0.3 is 5.97 Å². The number of non-ortho nitro benzene ring substituents is 1. The number of nitro benzene ring substituents is 1. The highest BCUT2D eigenvalue weighted by Gasteiger charge is 2.18. The fourth-order valence-electron chi connectivity index (χ4n) is 2.64. The van der Waals surface area contributed by atoms with Crippen LogP contribution in [0.15, 0.2) is 24.3 Å². The molecule has 0 atom stereocenters. The van der Waals surface area contributed by atoms with Crippen LogP contribution < -0.4 is 4.90 Å². The summed E-state index contributed by atoms with van der Waals surface area (Å²) in [5.41, 5.74) is 1.01. The van der Waals surface area contributed by atoms with E-state index in [-0.39, 0.29) is 17.0 Å². The smallest absolute Gasteiger partial charge is 0.303 e. The van der Waals surface area contributed by atoms with Crippen LogP contribution in [0, 0.1) is 10.1 Å². The van der Waals surface area contributed by atoms with E-state index in [4.69, 9.17) is 5.11 Å². The number of piperazine rings is 1. The van der Waals surface area contributed by atoms with E-state index in [2.05, 4.69) is 9.80 Å². The summed E-state index contributed by atoms with van der Waals surface area (Å²) in [5.74, 6) is -0.740. The second-order valence-corrected chi connectivity index (χ2v) is 5.46. The summed E-state index contributed by atoms with van der Waals surface area (Å²) in [6.07, 6.45) is 1.83. The molecule has 1 aromatic carbocycles. The lowest BCUT2D eigenvalue weighted by Crippen LogP contribution is -2.46. The largest absolute Gasteiger partial charge is 0.481 e. The average molecular weight is 307 g/mol. The second kappa shape index (κ2) is 7.74. The predicted molar refractivity (Wildman–Crippen MR) is 83.2 cm³/mol. The van der Waals surface area contributed by atoms with Crippen LogP contribution >= 0.6 is 0 Å². The summed E-state index contributed by atoms with van der Waals surface area (Å²) in [6.45, 7) is 4.38. The summed E-state index contributed by atoms with van der Waals surface area (Å²) in [5, 5.41) is 19.4. The van der Waals surface area contributed by atoms with Gasteiger partial charge in [0.2, 0.25) is 0 Å². The molecule has 1 aliphatic heterocycles. The maximum absolute atomic E-state index is 10.8. The number of rotatable bonds is 7. The normalized spacial score (nSPS) is 15.7. The number of benzene rings is 1. The molecule has 2 rings (SSSR count). The van der Waals surface area contributed by atoms with Crippen molar-refractivity contribution in [3.63, 3.8) is 0 Å². The van der Waals surface area contributed by atoms with E-state index in [1.165, 1.54) is 6.07 Å². The quantitative estimate of drug-likeness (QED) is 0.471. The minimum absolute atomic E-state index is 0.119. The number of anilines is 1. The molecule has 0 radical (unpaired) electrons. The predicted octanol–water partition coefficient (Wildman–Crippen LogP) is 1.97. The molecule has 120 valence electrons. The van der Waals surface area contributed by atoms with Crippen molar-refractivity contribution in [2.75, 3.05) is 37.6 Å². The molecule has 7 nitrogen and oxygen atoms in total. The first kappa shape index (κ1) is 16.2. The number of carbonyl (C=O) groups is 1. The lowest BCUT2D eigenvalue weighted by atomic mass is 10.2. The molecule has 7 heteroatoms. The van der Waals surface area contributed by atoms with Gasteiger partial charge in [0.1, 0.15) is 0 Å². The molecule has 1 aromatic rings. The van der Waals surface area contributed by atoms with Crippen molar-refractivity contribution in [1.82, 2.24) is 4.90 Å². The summed E-state index contributed by atoms with van der Waals surface area (Å²) >= 11 is 0. The third-order valence-corrected chi connectivity index (χ3v) is 3.89. The van der Waals surface area contributed by atoms with Crippen molar-refractivity contribution in [2.24, 2.45) is 0 Å². The third kappa shape index (κ3) is 4.70. The van der Waals surface area contributed by atoms with Gasteiger partial charge in [-0.25, -0.2) is 0 Å². The molecule has 0 aliphatic carbocycles. The second-order valence-electron chi connectivity index (χ2n) is 5.46. The summed E-state index contributed by atoms with van der Waals surface area (Å²) in [7, 11) is 0. The van der Waals surface area contributed by atoms with Gasteiger partial charge in [-0.1, -0.05) is 6.07 Å². The molecule has 0 unspecified atom stereocenters. The van der Waals surface area contributed by atoms with Crippen molar-refractivity contribution in [1.29, 1.82) is 0 Å². The minimum atomic E-state index is -0.740. The fourth-order valence-corrected chi connectivity index (χ4v) is 2.64. The van der Waals surface area contributed by atoms with Crippen LogP contribution in [-0.2, 0) is 4.79 Å². The molecule has 22 heavy (non-hydrogen) atoms. The number of hydrogen-bond acceptors (Lipinski definition) is 5. The molecule has 0 amide bonds. The summed E-state index contributed by atoms with van der Waals surface area (Å²) in [4.78, 5) is 25.4. The van der Waals surface area contributed by atoms with Gasteiger partial charge in [0.25, 0.3) is 5.69 Å². The zero-order valence-corrected chi connectivity index (χ0v) is 12.5. The summed E-state index contributed by atoms with van der Waals surface area (Å²) < 4.78 is 0. The van der Waals surface area contributed by atoms with Gasteiger partial charge in [-0.05, 0) is 25.5 Å². The van der Waals surface area contributed by atoms with Crippen molar-refractivity contribution >= 4 is 17.3 Å². The first-order valence-corrected chi connectivity index (χ1v) is 7.50. The van der Waals surface area contributed by atoms with Crippen molar-refractivity contribution in [3.8, 4) is 0 Å². The molecule has 1 aliphatic rings. The number of carboxylic acid groups (broad SMARTS) is 1. The first-order valence-electron chi connectivity index (χ1n) is 7.50. The highest BCUT2D eigenvalue weighted by atomic mass is 16.6. The van der Waals surface area contributed by atoms with Gasteiger partial charge in [-0.2, -0.15) is 0 Å². The number of aliphatic carboxylic acids is 1. The zero-order valence-electron chi connectivity index (χ0n) is 12.5. The van der Waals surface area contributed by atoms with Crippen LogP contribution in [0.4, 0.5) is 11.4 Å². The Morgan fingerprint density at radius 3 is 2.59 bits per heavy atom. The van der Waals surface area contributed by atoms with E-state index < -0.39 is 5.97 Å². The number of unbranched alkanes of at least 4 members (excludes halogenated alkanes) is 1. The Bertz CT molecular complexity index is 527. The Kier molecular flexibility index (Phi) is 5.71. The van der Waals surface area contributed by atoms with E-state index in [9.17, 15) is 14.9 Å². The maximum Gasteiger partial charge on any atom is 0.303 e. The van der Waals surface area contributed by atoms with Gasteiger partial charge in [0.15, 0.2) is 0 Å². The lowest BCUT2D eigenvalue weighted by molar-refractivity contribution is -0.384. The van der Waals surface area contributed by atoms with E-state index in [1.807, 2.05) is 6.07 Å². The Morgan fingerprint density at radius 2 is 1.95 bits per heavy atom. The molecule has 1 N–H and O–H groups in total. The van der Waals surface area contributed by atoms with Gasteiger partial charge in [-0.3, -0.25) is 19.8 Å². The van der Waals surface area contributed by atoms with Crippen LogP contribution in [0.1, 0.15) is 19.3 Å². The Balaban J connectivity index is 1.78. The molecule has 0 aromatic heterocycles. The van der Waals surface area contributed by atoms with Crippen molar-refractivity contribution in [2.45, 2.75) is 19.3 Å². The summed E-state index contributed by atoms with van der Waals surface area (Å²) in [6, 6.07) is 6.73. The van der Waals surface area contributed by atoms with Crippen LogP contribution in [0.5, 0.6) is 0 Å². The highest BCUT2D eigenvalue weighted by molar-refractivity contribution is 5.66. The van der Waals surface area contributed by atoms with Gasteiger partial charge in [0.05, 0.1) is 4.92 Å². The standard InChI is InChI=1S/C15H21N3O4/c19-15(20)6-1-2-7-16-8-10-17(11-9-16)13-4-3-5-14(12-13)18(21)22/h3-5,12H,1-2,6-11H2,(H,19,20). The number of carboxylic acids is 1. The SMILES string of the molecule is O=C(O)CCCCN1CCN(c2cccc([N+](=O)[O-])c2)CC1. The van der Waals surface area contributed by atoms with E-state index in [0.29, 0.717) is 6.42 Å². The van der Waals surface area contributed by atoms with Crippen molar-refractivity contribution in [3.05, 3.63) is 34.4 Å². The van der Waals surface area contributed by atoms with Crippen LogP contribution in [0.2, 0.25) is 0 Å². The molecule has 0 spiro atoms. The first-order chi connectivity index (χ1) is 10.6. The molecule has 1 fully saturated rings. The fraction of sp³-hybridized carbons (Fsp3) is 0.533. The number of nitrogens with zero attached hydrogens (tertiary/aromatic N) is 3. The number of hydrogen-bond donors (Lipinski definition) is 1. The van der Waals surface area contributed by atoms with Crippen molar-refractivity contribution < 1.29 is 14.8 Å². The van der Waals surface area contributed by atoms with Gasteiger partial charge in [0, 0.05) is 50.4 Å². The van der Waals surface area contributed by atoms with Crippen LogP contribution in [0.3, 0.4) is 0 Å². The maximum atomic E-state index is 10.8. The molecular weight excluding hydrogens is 286 g/mol. The minimum Gasteiger partial charge on any atom is -0.481 e. The average Bonchev–Trinajstić information content (AvgIpc) is 2.52. The van der Waals surface area contributed by atoms with Crippen LogP contribution in [-0.4, -0.2) is 53.6 Å². The molecule has 1 saturated heterocycles. The Hall–Kier alpha value is -2.15. The number of nitro groups is 1. The Labute approximate surface area is 129 Å². The Morgan fingerprint density at radius 1 is 1.23 bits per heavy atom. The third-order valence-electron chi connectivity index (χ3n) is 3.89. The van der Waals surface area contributed by atoms with E-state index in [0.717, 1.165) is 44.8 Å². The zero-order chi connectivity index (χ0) is 15.9. The van der Waals surface area contributed by atoms with E-state index >= 15 is 0 Å². The van der Waals surface area contributed by atoms with E-state index in [1.54, 1.807) is 12.1 Å². The lowest BCUT2D eigenvalue weighted by Gasteiger charge is -2.36.